The zero-order valence-corrected chi connectivity index (χ0v) is 21.2. The van der Waals surface area contributed by atoms with Gasteiger partial charge in [-0.15, -0.1) is 0 Å². The summed E-state index contributed by atoms with van der Waals surface area (Å²) in [6, 6.07) is 19.7. The van der Waals surface area contributed by atoms with Crippen molar-refractivity contribution < 1.29 is 14.3 Å². The molecular formula is C25H19Cl2IN2O3. The maximum absolute atomic E-state index is 12.3. The number of carbonyl (C=O) groups is 1. The van der Waals surface area contributed by atoms with E-state index in [1.165, 1.54) is 0 Å². The van der Waals surface area contributed by atoms with Crippen LogP contribution in [0.15, 0.2) is 60.7 Å². The van der Waals surface area contributed by atoms with Crippen molar-refractivity contribution >= 4 is 69.0 Å². The van der Waals surface area contributed by atoms with Crippen LogP contribution in [0.5, 0.6) is 11.5 Å². The second kappa shape index (κ2) is 11.9. The van der Waals surface area contributed by atoms with Crippen LogP contribution < -0.4 is 14.8 Å². The summed E-state index contributed by atoms with van der Waals surface area (Å²) in [7, 11) is 0. The lowest BCUT2D eigenvalue weighted by atomic mass is 10.0. The van der Waals surface area contributed by atoms with Crippen LogP contribution in [0.4, 0.5) is 5.69 Å². The van der Waals surface area contributed by atoms with Crippen molar-refractivity contribution in [2.24, 2.45) is 0 Å². The number of carbonyl (C=O) groups excluding carboxylic acids is 1. The topological polar surface area (TPSA) is 71.3 Å². The zero-order valence-electron chi connectivity index (χ0n) is 17.6. The highest BCUT2D eigenvalue weighted by atomic mass is 127. The first-order chi connectivity index (χ1) is 15.9. The van der Waals surface area contributed by atoms with Gasteiger partial charge in [-0.05, 0) is 95.2 Å². The Bertz CT molecular complexity index is 1200. The molecular weight excluding hydrogens is 574 g/mol. The van der Waals surface area contributed by atoms with Crippen molar-refractivity contribution in [2.75, 3.05) is 18.5 Å². The smallest absolute Gasteiger partial charge is 0.262 e. The molecule has 0 saturated carbocycles. The predicted molar refractivity (Wildman–Crippen MR) is 141 cm³/mol. The Morgan fingerprint density at radius 3 is 2.30 bits per heavy atom. The second-order valence-electron chi connectivity index (χ2n) is 6.78. The maximum Gasteiger partial charge on any atom is 0.262 e. The Balaban J connectivity index is 1.80. The van der Waals surface area contributed by atoms with Gasteiger partial charge in [0.1, 0.15) is 0 Å². The minimum atomic E-state index is -0.311. The number of halogens is 3. The molecule has 3 aromatic rings. The van der Waals surface area contributed by atoms with E-state index >= 15 is 0 Å². The van der Waals surface area contributed by atoms with Gasteiger partial charge in [0.15, 0.2) is 18.1 Å². The van der Waals surface area contributed by atoms with Gasteiger partial charge < -0.3 is 14.8 Å². The van der Waals surface area contributed by atoms with Gasteiger partial charge in [0, 0.05) is 15.7 Å². The molecule has 8 heteroatoms. The first-order valence-corrected chi connectivity index (χ1v) is 11.8. The minimum Gasteiger partial charge on any atom is -0.490 e. The van der Waals surface area contributed by atoms with Crippen LogP contribution in [0.3, 0.4) is 0 Å². The summed E-state index contributed by atoms with van der Waals surface area (Å²) in [6.07, 6.45) is 1.77. The van der Waals surface area contributed by atoms with Crippen LogP contribution >= 0.6 is 45.8 Å². The van der Waals surface area contributed by atoms with Crippen molar-refractivity contribution in [3.05, 3.63) is 85.4 Å². The molecule has 0 aliphatic rings. The fraction of sp³-hybridized carbons (Fsp3) is 0.120. The number of ether oxygens (including phenoxy) is 2. The fourth-order valence-electron chi connectivity index (χ4n) is 2.92. The van der Waals surface area contributed by atoms with Gasteiger partial charge in [-0.2, -0.15) is 5.26 Å². The summed E-state index contributed by atoms with van der Waals surface area (Å²) in [6.45, 7) is 2.09. The van der Waals surface area contributed by atoms with Crippen LogP contribution in [0.2, 0.25) is 10.0 Å². The first kappa shape index (κ1) is 24.9. The highest BCUT2D eigenvalue weighted by Gasteiger charge is 2.14. The Kier molecular flexibility index (Phi) is 9.01. The molecule has 168 valence electrons. The lowest BCUT2D eigenvalue weighted by Crippen LogP contribution is -2.20. The molecule has 1 amide bonds. The van der Waals surface area contributed by atoms with Crippen molar-refractivity contribution in [3.63, 3.8) is 0 Å². The number of nitriles is 1. The number of allylic oxidation sites excluding steroid dienone is 1. The van der Waals surface area contributed by atoms with E-state index in [-0.39, 0.29) is 12.5 Å². The van der Waals surface area contributed by atoms with E-state index < -0.39 is 0 Å². The van der Waals surface area contributed by atoms with Crippen LogP contribution in [0.25, 0.3) is 11.6 Å². The number of hydrogen-bond acceptors (Lipinski definition) is 4. The van der Waals surface area contributed by atoms with Gasteiger partial charge >= 0.3 is 0 Å². The van der Waals surface area contributed by atoms with Crippen LogP contribution in [-0.4, -0.2) is 19.1 Å². The SMILES string of the molecule is CCOc1cc(/C=C(\C#N)c2ccc(Cl)cc2)cc(I)c1OCC(=O)Nc1ccc(Cl)cc1. The summed E-state index contributed by atoms with van der Waals surface area (Å²) in [5, 5.41) is 13.6. The quantitative estimate of drug-likeness (QED) is 0.172. The Hall–Kier alpha value is -2.73. The average molecular weight is 593 g/mol. The van der Waals surface area contributed by atoms with Crippen LogP contribution in [0, 0.1) is 14.9 Å². The molecule has 0 aliphatic carbocycles. The van der Waals surface area contributed by atoms with E-state index in [0.29, 0.717) is 39.4 Å². The normalized spacial score (nSPS) is 10.9. The number of amides is 1. The number of hydrogen-bond donors (Lipinski definition) is 1. The largest absolute Gasteiger partial charge is 0.490 e. The van der Waals surface area contributed by atoms with Crippen molar-refractivity contribution in [3.8, 4) is 17.6 Å². The molecule has 0 atom stereocenters. The summed E-state index contributed by atoms with van der Waals surface area (Å²) < 4.78 is 12.3. The first-order valence-electron chi connectivity index (χ1n) is 9.92. The lowest BCUT2D eigenvalue weighted by Gasteiger charge is -2.15. The number of nitrogens with one attached hydrogen (secondary N) is 1. The fourth-order valence-corrected chi connectivity index (χ4v) is 3.95. The number of anilines is 1. The van der Waals surface area contributed by atoms with Crippen LogP contribution in [-0.2, 0) is 4.79 Å². The monoisotopic (exact) mass is 592 g/mol. The van der Waals surface area contributed by atoms with E-state index in [9.17, 15) is 10.1 Å². The van der Waals surface area contributed by atoms with E-state index in [0.717, 1.165) is 14.7 Å². The zero-order chi connectivity index (χ0) is 23.8. The molecule has 3 rings (SSSR count). The van der Waals surface area contributed by atoms with E-state index in [2.05, 4.69) is 34.0 Å². The van der Waals surface area contributed by atoms with E-state index in [1.807, 2.05) is 13.0 Å². The third kappa shape index (κ3) is 7.13. The summed E-state index contributed by atoms with van der Waals surface area (Å²) in [5.74, 6) is 0.642. The lowest BCUT2D eigenvalue weighted by molar-refractivity contribution is -0.118. The molecule has 33 heavy (non-hydrogen) atoms. The van der Waals surface area contributed by atoms with Gasteiger partial charge in [-0.3, -0.25) is 4.79 Å². The van der Waals surface area contributed by atoms with Gasteiger partial charge in [0.05, 0.1) is 21.8 Å². The summed E-state index contributed by atoms with van der Waals surface area (Å²) in [5.41, 5.74) is 2.64. The third-order valence-corrected chi connectivity index (χ3v) is 5.70. The van der Waals surface area contributed by atoms with Gasteiger partial charge in [0.2, 0.25) is 0 Å². The molecule has 0 fully saturated rings. The minimum absolute atomic E-state index is 0.192. The standard InChI is InChI=1S/C25H19Cl2IN2O3/c1-2-32-23-13-16(11-18(14-29)17-3-5-19(26)6-4-17)12-22(28)25(23)33-15-24(31)30-21-9-7-20(27)8-10-21/h3-13H,2,15H2,1H3,(H,30,31)/b18-11+. The van der Waals surface area contributed by atoms with Gasteiger partial charge in [-0.25, -0.2) is 0 Å². The Labute approximate surface area is 216 Å². The van der Waals surface area contributed by atoms with Crippen molar-refractivity contribution in [1.29, 1.82) is 5.26 Å². The molecule has 0 aromatic heterocycles. The highest BCUT2D eigenvalue weighted by Crippen LogP contribution is 2.35. The molecule has 0 aliphatic heterocycles. The predicted octanol–water partition coefficient (Wildman–Crippen LogP) is 7.08. The molecule has 0 radical (unpaired) electrons. The molecule has 0 heterocycles. The molecule has 0 saturated heterocycles. The highest BCUT2D eigenvalue weighted by molar-refractivity contribution is 14.1. The Morgan fingerprint density at radius 2 is 1.70 bits per heavy atom. The summed E-state index contributed by atoms with van der Waals surface area (Å²) >= 11 is 13.9. The molecule has 0 bridgehead atoms. The van der Waals surface area contributed by atoms with E-state index in [4.69, 9.17) is 32.7 Å². The van der Waals surface area contributed by atoms with Gasteiger partial charge in [0.25, 0.3) is 5.91 Å². The maximum atomic E-state index is 12.3. The molecule has 5 nitrogen and oxygen atoms in total. The summed E-state index contributed by atoms with van der Waals surface area (Å²) in [4.78, 5) is 12.3. The van der Waals surface area contributed by atoms with E-state index in [1.54, 1.807) is 60.7 Å². The second-order valence-corrected chi connectivity index (χ2v) is 8.82. The van der Waals surface area contributed by atoms with Crippen molar-refractivity contribution in [1.82, 2.24) is 0 Å². The third-order valence-electron chi connectivity index (χ3n) is 4.39. The average Bonchev–Trinajstić information content (AvgIpc) is 2.79. The molecule has 1 N–H and O–H groups in total. The van der Waals surface area contributed by atoms with Crippen LogP contribution in [0.1, 0.15) is 18.1 Å². The molecule has 3 aromatic carbocycles. The Morgan fingerprint density at radius 1 is 1.06 bits per heavy atom. The molecule has 0 spiro atoms. The number of rotatable bonds is 8. The number of nitrogens with zero attached hydrogens (tertiary/aromatic N) is 1. The van der Waals surface area contributed by atoms with Crippen molar-refractivity contribution in [2.45, 2.75) is 6.92 Å². The number of benzene rings is 3. The van der Waals surface area contributed by atoms with Gasteiger partial charge in [-0.1, -0.05) is 35.3 Å². The molecule has 0 unspecified atom stereocenters.